The van der Waals surface area contributed by atoms with Gasteiger partial charge >= 0.3 is 5.97 Å². The van der Waals surface area contributed by atoms with Crippen LogP contribution in [0.3, 0.4) is 0 Å². The number of hydrogen-bond acceptors (Lipinski definition) is 6. The van der Waals surface area contributed by atoms with Gasteiger partial charge in [-0.25, -0.2) is 0 Å². The lowest BCUT2D eigenvalue weighted by molar-refractivity contribution is -0.151. The number of nitrogens with zero attached hydrogens (tertiary/aromatic N) is 1. The minimum Gasteiger partial charge on any atom is -0.491 e. The first kappa shape index (κ1) is 24.6. The molecule has 170 valence electrons. The van der Waals surface area contributed by atoms with Crippen molar-refractivity contribution in [2.45, 2.75) is 65.2 Å². The number of nitrogens with one attached hydrogen (secondary N) is 2. The number of benzene rings is 1. The Balaban J connectivity index is 2.01. The maximum absolute atomic E-state index is 12.6. The highest BCUT2D eigenvalue weighted by Gasteiger charge is 2.34. The molecular formula is C22H31N3O5S. The first-order valence-electron chi connectivity index (χ1n) is 10.6. The predicted octanol–water partition coefficient (Wildman–Crippen LogP) is 2.41. The molecule has 1 fully saturated rings. The highest BCUT2D eigenvalue weighted by Crippen LogP contribution is 2.16. The molecule has 0 radical (unpaired) electrons. The molecule has 1 aromatic carbocycles. The van der Waals surface area contributed by atoms with E-state index in [2.05, 4.69) is 10.6 Å². The molecule has 8 nitrogen and oxygen atoms in total. The highest BCUT2D eigenvalue weighted by molar-refractivity contribution is 7.80. The zero-order valence-corrected chi connectivity index (χ0v) is 19.3. The van der Waals surface area contributed by atoms with Gasteiger partial charge in [0.2, 0.25) is 5.91 Å². The smallest absolute Gasteiger partial charge is 0.308 e. The van der Waals surface area contributed by atoms with Gasteiger partial charge in [-0.15, -0.1) is 0 Å². The van der Waals surface area contributed by atoms with E-state index in [1.807, 2.05) is 20.8 Å². The fourth-order valence-electron chi connectivity index (χ4n) is 2.92. The van der Waals surface area contributed by atoms with Gasteiger partial charge in [-0.3, -0.25) is 19.7 Å². The van der Waals surface area contributed by atoms with Crippen LogP contribution in [0, 0.1) is 0 Å². The molecule has 1 aliphatic heterocycles. The Morgan fingerprint density at radius 3 is 2.45 bits per heavy atom. The standard InChI is InChI=1S/C22H31N3O5S/c1-5-14(3)29-17-9-7-16(8-10-17)20(27)24-22(31)25-12-11-23-21(28)18(25)13-19(26)30-15(4)6-2/h7-10,14-15,18H,5-6,11-13H2,1-4H3,(H,23,28)(H,24,27,31). The van der Waals surface area contributed by atoms with E-state index in [0.717, 1.165) is 6.42 Å². The van der Waals surface area contributed by atoms with Gasteiger partial charge in [0.15, 0.2) is 5.11 Å². The highest BCUT2D eigenvalue weighted by atomic mass is 32.1. The number of esters is 1. The third kappa shape index (κ3) is 7.20. The number of thiocarbonyl (C=S) groups is 1. The van der Waals surface area contributed by atoms with Crippen LogP contribution in [0.25, 0.3) is 0 Å². The Kier molecular flexibility index (Phi) is 9.23. The van der Waals surface area contributed by atoms with E-state index in [1.165, 1.54) is 0 Å². The number of carbonyl (C=O) groups is 3. The minimum absolute atomic E-state index is 0.0847. The molecule has 2 amide bonds. The maximum Gasteiger partial charge on any atom is 0.308 e. The average Bonchev–Trinajstić information content (AvgIpc) is 2.75. The van der Waals surface area contributed by atoms with E-state index >= 15 is 0 Å². The van der Waals surface area contributed by atoms with Crippen LogP contribution in [0.4, 0.5) is 0 Å². The van der Waals surface area contributed by atoms with Crippen molar-refractivity contribution in [3.05, 3.63) is 29.8 Å². The molecule has 1 aromatic rings. The molecule has 1 heterocycles. The second kappa shape index (κ2) is 11.6. The lowest BCUT2D eigenvalue weighted by Crippen LogP contribution is -2.60. The van der Waals surface area contributed by atoms with Gasteiger partial charge in [-0.2, -0.15) is 0 Å². The van der Waals surface area contributed by atoms with Crippen molar-refractivity contribution in [3.63, 3.8) is 0 Å². The second-order valence-corrected chi connectivity index (χ2v) is 7.92. The number of piperazine rings is 1. The molecule has 0 saturated carbocycles. The third-order valence-electron chi connectivity index (χ3n) is 5.11. The number of hydrogen-bond donors (Lipinski definition) is 2. The molecule has 2 rings (SSSR count). The van der Waals surface area contributed by atoms with Crippen LogP contribution < -0.4 is 15.4 Å². The molecule has 0 spiro atoms. The molecule has 0 aromatic heterocycles. The molecule has 9 heteroatoms. The van der Waals surface area contributed by atoms with E-state index < -0.39 is 17.9 Å². The van der Waals surface area contributed by atoms with E-state index in [4.69, 9.17) is 21.7 Å². The normalized spacial score (nSPS) is 17.9. The van der Waals surface area contributed by atoms with Crippen LogP contribution in [0.1, 0.15) is 57.3 Å². The molecule has 3 unspecified atom stereocenters. The summed E-state index contributed by atoms with van der Waals surface area (Å²) in [6, 6.07) is 5.93. The van der Waals surface area contributed by atoms with E-state index in [1.54, 1.807) is 36.1 Å². The Hall–Kier alpha value is -2.68. The Morgan fingerprint density at radius 2 is 1.84 bits per heavy atom. The summed E-state index contributed by atoms with van der Waals surface area (Å²) in [4.78, 5) is 38.7. The fraction of sp³-hybridized carbons (Fsp3) is 0.545. The number of amides is 2. The summed E-state index contributed by atoms with van der Waals surface area (Å²) >= 11 is 5.38. The van der Waals surface area contributed by atoms with Gasteiger partial charge in [0, 0.05) is 18.7 Å². The molecule has 31 heavy (non-hydrogen) atoms. The van der Waals surface area contributed by atoms with Crippen LogP contribution in [-0.2, 0) is 14.3 Å². The van der Waals surface area contributed by atoms with Crippen molar-refractivity contribution < 1.29 is 23.9 Å². The maximum atomic E-state index is 12.6. The van der Waals surface area contributed by atoms with Gasteiger partial charge in [-0.05, 0) is 63.2 Å². The third-order valence-corrected chi connectivity index (χ3v) is 5.44. The summed E-state index contributed by atoms with van der Waals surface area (Å²) in [5.74, 6) is -0.518. The van der Waals surface area contributed by atoms with E-state index in [0.29, 0.717) is 30.8 Å². The Morgan fingerprint density at radius 1 is 1.19 bits per heavy atom. The lowest BCUT2D eigenvalue weighted by atomic mass is 10.1. The van der Waals surface area contributed by atoms with Gasteiger partial charge in [0.05, 0.1) is 18.6 Å². The minimum atomic E-state index is -0.829. The van der Waals surface area contributed by atoms with Crippen LogP contribution in [0.5, 0.6) is 5.75 Å². The van der Waals surface area contributed by atoms with Crippen molar-refractivity contribution >= 4 is 35.1 Å². The van der Waals surface area contributed by atoms with Crippen molar-refractivity contribution in [2.75, 3.05) is 13.1 Å². The zero-order chi connectivity index (χ0) is 23.0. The van der Waals surface area contributed by atoms with Crippen molar-refractivity contribution in [2.24, 2.45) is 0 Å². The molecule has 1 saturated heterocycles. The summed E-state index contributed by atoms with van der Waals surface area (Å²) in [5.41, 5.74) is 0.410. The molecule has 0 bridgehead atoms. The summed E-state index contributed by atoms with van der Waals surface area (Å²) in [6.07, 6.45) is 1.27. The van der Waals surface area contributed by atoms with Gasteiger partial charge < -0.3 is 19.7 Å². The molecular weight excluding hydrogens is 418 g/mol. The largest absolute Gasteiger partial charge is 0.491 e. The van der Waals surface area contributed by atoms with Crippen LogP contribution in [-0.4, -0.2) is 59.1 Å². The van der Waals surface area contributed by atoms with Gasteiger partial charge in [0.25, 0.3) is 5.91 Å². The monoisotopic (exact) mass is 449 g/mol. The fourth-order valence-corrected chi connectivity index (χ4v) is 3.23. The number of rotatable bonds is 8. The lowest BCUT2D eigenvalue weighted by Gasteiger charge is -2.36. The number of ether oxygens (including phenoxy) is 2. The molecule has 0 aliphatic carbocycles. The van der Waals surface area contributed by atoms with E-state index in [-0.39, 0.29) is 29.6 Å². The SMILES string of the molecule is CCC(C)OC(=O)CC1C(=O)NCCN1C(=S)NC(=O)c1ccc(OC(C)CC)cc1. The molecule has 1 aliphatic rings. The summed E-state index contributed by atoms with van der Waals surface area (Å²) in [7, 11) is 0. The van der Waals surface area contributed by atoms with Gasteiger partial charge in [0.1, 0.15) is 11.8 Å². The first-order chi connectivity index (χ1) is 14.7. The average molecular weight is 450 g/mol. The first-order valence-corrected chi connectivity index (χ1v) is 11.0. The van der Waals surface area contributed by atoms with Crippen LogP contribution >= 0.6 is 12.2 Å². The van der Waals surface area contributed by atoms with Crippen LogP contribution in [0.15, 0.2) is 24.3 Å². The predicted molar refractivity (Wildman–Crippen MR) is 121 cm³/mol. The quantitative estimate of drug-likeness (QED) is 0.465. The second-order valence-electron chi connectivity index (χ2n) is 7.53. The Labute approximate surface area is 188 Å². The number of carbonyl (C=O) groups excluding carboxylic acids is 3. The topological polar surface area (TPSA) is 97.0 Å². The van der Waals surface area contributed by atoms with Gasteiger partial charge in [-0.1, -0.05) is 13.8 Å². The Bertz CT molecular complexity index is 799. The van der Waals surface area contributed by atoms with E-state index in [9.17, 15) is 14.4 Å². The summed E-state index contributed by atoms with van der Waals surface area (Å²) in [5, 5.41) is 5.48. The van der Waals surface area contributed by atoms with Crippen molar-refractivity contribution in [1.29, 1.82) is 0 Å². The molecule has 3 atom stereocenters. The molecule has 2 N–H and O–H groups in total. The summed E-state index contributed by atoms with van der Waals surface area (Å²) < 4.78 is 11.0. The van der Waals surface area contributed by atoms with Crippen molar-refractivity contribution in [3.8, 4) is 5.75 Å². The zero-order valence-electron chi connectivity index (χ0n) is 18.5. The van der Waals surface area contributed by atoms with Crippen LogP contribution in [0.2, 0.25) is 0 Å². The summed E-state index contributed by atoms with van der Waals surface area (Å²) in [6.45, 7) is 8.46. The van der Waals surface area contributed by atoms with Crippen molar-refractivity contribution in [1.82, 2.24) is 15.5 Å².